The summed E-state index contributed by atoms with van der Waals surface area (Å²) in [5.41, 5.74) is 17.2. The van der Waals surface area contributed by atoms with E-state index in [9.17, 15) is 0 Å². The van der Waals surface area contributed by atoms with Gasteiger partial charge in [-0.15, -0.1) is 12.7 Å². The van der Waals surface area contributed by atoms with Crippen molar-refractivity contribution in [1.29, 1.82) is 0 Å². The second-order valence-electron chi connectivity index (χ2n) is 19.4. The Kier molecular flexibility index (Phi) is 11.5. The van der Waals surface area contributed by atoms with Crippen LogP contribution in [0.4, 0.5) is 22.7 Å². The molecular weight excluding hydrogens is 1100 g/mol. The predicted octanol–water partition coefficient (Wildman–Crippen LogP) is 14.9. The standard InChI is InChI=1S/C59H51N4OTe.Pt/c1-38-28-56(60-51-36-65-35-50(38)51)63-52-23-15-14-22-46(52)47-27-26-44(34-55(47)63)64-45-30-41(58(2,3)4)29-43(33-45)61-37-62(54-25-17-16-24-53(54)61)57-48(39-18-10-8-11-19-39)31-42(59(5,6)7)32-49(57)40-20-12-9-13-21-40;/h8-32,37H,35-36H2,1-7H3;/q-3;. The van der Waals surface area contributed by atoms with Crippen LogP contribution in [0.5, 0.6) is 11.5 Å². The van der Waals surface area contributed by atoms with Crippen molar-refractivity contribution in [1.82, 2.24) is 9.55 Å². The zero-order chi connectivity index (χ0) is 44.6. The third kappa shape index (κ3) is 7.96. The van der Waals surface area contributed by atoms with Crippen molar-refractivity contribution in [2.75, 3.05) is 9.80 Å². The number of pyridine rings is 1. The van der Waals surface area contributed by atoms with Gasteiger partial charge in [-0.25, -0.2) is 0 Å². The molecule has 0 atom stereocenters. The molecule has 0 aliphatic carbocycles. The number of hydrogen-bond donors (Lipinski definition) is 0. The minimum Gasteiger partial charge on any atom is 0 e. The summed E-state index contributed by atoms with van der Waals surface area (Å²) in [6, 6.07) is 62.0. The van der Waals surface area contributed by atoms with Crippen molar-refractivity contribution in [3.8, 4) is 39.6 Å². The second kappa shape index (κ2) is 17.2. The number of benzene rings is 7. The Hall–Kier alpha value is -5.63. The Morgan fingerprint density at radius 3 is 1.88 bits per heavy atom. The monoisotopic (exact) mass is 1160 g/mol. The van der Waals surface area contributed by atoms with Crippen molar-refractivity contribution in [2.45, 2.75) is 68.2 Å². The van der Waals surface area contributed by atoms with Crippen LogP contribution in [0, 0.1) is 25.7 Å². The van der Waals surface area contributed by atoms with Crippen molar-refractivity contribution in [2.24, 2.45) is 0 Å². The predicted molar refractivity (Wildman–Crippen MR) is 270 cm³/mol. The minimum atomic E-state index is -0.176. The maximum atomic E-state index is 6.91. The second-order valence-corrected chi connectivity index (χ2v) is 22.2. The molecule has 0 fully saturated rings. The number of rotatable bonds is 7. The van der Waals surface area contributed by atoms with Crippen LogP contribution in [-0.4, -0.2) is 30.5 Å². The smallest absolute Gasteiger partial charge is 0 e. The Balaban J connectivity index is 0.00000511. The quantitative estimate of drug-likeness (QED) is 0.118. The number of ether oxygens (including phenoxy) is 1. The zero-order valence-electron chi connectivity index (χ0n) is 38.3. The van der Waals surface area contributed by atoms with Crippen molar-refractivity contribution < 1.29 is 25.8 Å². The van der Waals surface area contributed by atoms with Gasteiger partial charge in [0.25, 0.3) is 0 Å². The summed E-state index contributed by atoms with van der Waals surface area (Å²) in [5, 5.41) is 2.30. The van der Waals surface area contributed by atoms with Crippen LogP contribution in [0.25, 0.3) is 49.9 Å². The van der Waals surface area contributed by atoms with Gasteiger partial charge in [-0.2, -0.15) is 0 Å². The van der Waals surface area contributed by atoms with Gasteiger partial charge in [-0.3, -0.25) is 0 Å². The first-order chi connectivity index (χ1) is 31.4. The van der Waals surface area contributed by atoms with E-state index in [0.717, 1.165) is 55.0 Å². The third-order valence-corrected chi connectivity index (χ3v) is 15.7. The molecule has 0 saturated heterocycles. The number of anilines is 4. The summed E-state index contributed by atoms with van der Waals surface area (Å²) in [5.74, 6) is 2.21. The topological polar surface area (TPSA) is 33.5 Å². The largest absolute Gasteiger partial charge is 0 e. The van der Waals surface area contributed by atoms with Gasteiger partial charge in [0.15, 0.2) is 0 Å². The first-order valence-electron chi connectivity index (χ1n) is 22.5. The average Bonchev–Trinajstić information content (AvgIpc) is 4.03. The molecule has 2 aliphatic rings. The molecule has 11 rings (SSSR count). The molecule has 332 valence electrons. The number of aryl methyl sites for hydroxylation is 1. The molecule has 7 aromatic carbocycles. The van der Waals surface area contributed by atoms with Gasteiger partial charge in [-0.05, 0) is 51.8 Å². The summed E-state index contributed by atoms with van der Waals surface area (Å²) < 4.78 is 11.6. The number of nitrogens with zero attached hydrogens (tertiary/aromatic N) is 4. The van der Waals surface area contributed by atoms with E-state index in [2.05, 4.69) is 227 Å². The maximum Gasteiger partial charge on any atom is 0 e. The molecule has 0 amide bonds. The van der Waals surface area contributed by atoms with Crippen molar-refractivity contribution in [3.05, 3.63) is 198 Å². The Morgan fingerprint density at radius 2 is 1.21 bits per heavy atom. The molecule has 0 N–H and O–H groups in total. The van der Waals surface area contributed by atoms with E-state index in [1.165, 1.54) is 54.5 Å². The average molecular weight is 1150 g/mol. The molecule has 0 saturated carbocycles. The summed E-state index contributed by atoms with van der Waals surface area (Å²) >= 11 is -0.0538. The Labute approximate surface area is 413 Å². The summed E-state index contributed by atoms with van der Waals surface area (Å²) in [6.45, 7) is 18.1. The first kappa shape index (κ1) is 44.2. The van der Waals surface area contributed by atoms with E-state index in [1.54, 1.807) is 0 Å². The van der Waals surface area contributed by atoms with Gasteiger partial charge >= 0.3 is 179 Å². The summed E-state index contributed by atoms with van der Waals surface area (Å²) in [7, 11) is 0. The number of fused-ring (bicyclic) bond motifs is 5. The van der Waals surface area contributed by atoms with E-state index in [4.69, 9.17) is 9.72 Å². The molecule has 4 heterocycles. The van der Waals surface area contributed by atoms with E-state index < -0.39 is 0 Å². The number of para-hydroxylation sites is 3. The van der Waals surface area contributed by atoms with Gasteiger partial charge < -0.3 is 9.80 Å². The fraction of sp³-hybridized carbons (Fsp3) is 0.186. The Bertz CT molecular complexity index is 3230. The molecule has 7 heteroatoms. The van der Waals surface area contributed by atoms with Gasteiger partial charge in [0.05, 0.1) is 0 Å². The van der Waals surface area contributed by atoms with Gasteiger partial charge in [0.1, 0.15) is 0 Å². The van der Waals surface area contributed by atoms with E-state index in [0.29, 0.717) is 11.5 Å². The molecule has 9 aromatic rings. The molecule has 0 spiro atoms. The molecular formula is C59H51N4OPtTe-3. The molecule has 2 aromatic heterocycles. The van der Waals surface area contributed by atoms with Crippen molar-refractivity contribution in [3.63, 3.8) is 0 Å². The van der Waals surface area contributed by atoms with Crippen LogP contribution in [0.15, 0.2) is 152 Å². The summed E-state index contributed by atoms with van der Waals surface area (Å²) in [6.07, 6.45) is 0. The minimum absolute atomic E-state index is 0. The fourth-order valence-corrected chi connectivity index (χ4v) is 12.6. The normalized spacial score (nSPS) is 13.6. The first-order valence-corrected chi connectivity index (χ1v) is 25.8. The molecule has 66 heavy (non-hydrogen) atoms. The molecule has 0 bridgehead atoms. The molecule has 5 nitrogen and oxygen atoms in total. The fourth-order valence-electron chi connectivity index (χ4n) is 9.35. The molecule has 0 radical (unpaired) electrons. The summed E-state index contributed by atoms with van der Waals surface area (Å²) in [4.78, 5) is 9.94. The Morgan fingerprint density at radius 1 is 0.606 bits per heavy atom. The maximum absolute atomic E-state index is 6.91. The van der Waals surface area contributed by atoms with E-state index in [-0.39, 0.29) is 52.8 Å². The van der Waals surface area contributed by atoms with Gasteiger partial charge in [-0.1, -0.05) is 114 Å². The van der Waals surface area contributed by atoms with Crippen molar-refractivity contribution >= 4 is 65.5 Å². The van der Waals surface area contributed by atoms with Gasteiger partial charge in [0.2, 0.25) is 0 Å². The van der Waals surface area contributed by atoms with Crippen LogP contribution >= 0.6 is 0 Å². The van der Waals surface area contributed by atoms with Crippen LogP contribution in [0.3, 0.4) is 0 Å². The number of aromatic nitrogens is 2. The molecule has 2 aliphatic heterocycles. The van der Waals surface area contributed by atoms with E-state index >= 15 is 0 Å². The van der Waals surface area contributed by atoms with Gasteiger partial charge in [0, 0.05) is 49.3 Å². The third-order valence-electron chi connectivity index (χ3n) is 12.9. The SMILES string of the molecule is Cc1cc(-n2c3[c-]c(Oc4[c-]c(N5[CH-]N(c6c(-c7ccccc7)cc(C(C)(C)C)cc6-c6ccccc6)c6ccccc65)cc(C(C)(C)C)c4)ccc3c3ccccc32)nc2c1C[Te]C2.[Pt]. The van der Waals surface area contributed by atoms with Crippen LogP contribution in [0.1, 0.15) is 69.5 Å². The molecule has 0 unspecified atom stereocenters. The number of hydrogen-bond acceptors (Lipinski definition) is 4. The zero-order valence-corrected chi connectivity index (χ0v) is 42.9. The van der Waals surface area contributed by atoms with Crippen LogP contribution in [-0.2, 0) is 40.8 Å². The van der Waals surface area contributed by atoms with Crippen LogP contribution < -0.4 is 14.5 Å². The van der Waals surface area contributed by atoms with Crippen LogP contribution in [0.2, 0.25) is 0 Å². The van der Waals surface area contributed by atoms with E-state index in [1.807, 2.05) is 6.07 Å².